The number of benzene rings is 1. The third-order valence-electron chi connectivity index (χ3n) is 8.81. The summed E-state index contributed by atoms with van der Waals surface area (Å²) in [4.78, 5) is 40.1. The van der Waals surface area contributed by atoms with Crippen molar-refractivity contribution in [2.75, 3.05) is 18.5 Å². The maximum absolute atomic E-state index is 15.6. The van der Waals surface area contributed by atoms with Crippen molar-refractivity contribution in [3.8, 4) is 0 Å². The fourth-order valence-electron chi connectivity index (χ4n) is 4.97. The van der Waals surface area contributed by atoms with Crippen molar-refractivity contribution in [2.24, 2.45) is 5.92 Å². The highest BCUT2D eigenvalue weighted by atomic mass is 28.4. The number of amides is 2. The van der Waals surface area contributed by atoms with Crippen LogP contribution < -0.4 is 10.6 Å². The van der Waals surface area contributed by atoms with E-state index < -0.39 is 43.9 Å². The number of nitrogens with zero attached hydrogens (tertiary/aromatic N) is 2. The molecular formula is C33H47FN4O5Si. The van der Waals surface area contributed by atoms with Crippen LogP contribution in [-0.4, -0.2) is 55.1 Å². The largest absolute Gasteiger partial charge is 0.465 e. The summed E-state index contributed by atoms with van der Waals surface area (Å²) in [7, 11) is -2.19. The van der Waals surface area contributed by atoms with Gasteiger partial charge in [-0.15, -0.1) is 0 Å². The number of anilines is 1. The van der Waals surface area contributed by atoms with Gasteiger partial charge in [0.15, 0.2) is 8.32 Å². The van der Waals surface area contributed by atoms with Crippen LogP contribution in [0.5, 0.6) is 0 Å². The van der Waals surface area contributed by atoms with Gasteiger partial charge in [0.25, 0.3) is 11.8 Å². The minimum Gasteiger partial charge on any atom is -0.465 e. The number of halogens is 1. The third-order valence-corrected chi connectivity index (χ3v) is 13.3. The third kappa shape index (κ3) is 7.85. The molecule has 2 amide bonds. The number of hydrogen-bond donors (Lipinski definition) is 2. The molecule has 2 saturated carbocycles. The molecule has 1 unspecified atom stereocenters. The summed E-state index contributed by atoms with van der Waals surface area (Å²) in [5.74, 6) is -2.68. The normalized spacial score (nSPS) is 16.4. The Morgan fingerprint density at radius 2 is 1.82 bits per heavy atom. The van der Waals surface area contributed by atoms with Crippen molar-refractivity contribution < 1.29 is 27.9 Å². The monoisotopic (exact) mass is 626 g/mol. The predicted octanol–water partition coefficient (Wildman–Crippen LogP) is 6.51. The van der Waals surface area contributed by atoms with Crippen LogP contribution in [0.15, 0.2) is 41.6 Å². The molecule has 0 bridgehead atoms. The molecule has 2 N–H and O–H groups in total. The molecule has 2 aromatic rings. The van der Waals surface area contributed by atoms with E-state index in [1.165, 1.54) is 17.7 Å². The number of hydrogen-bond acceptors (Lipinski definition) is 6. The van der Waals surface area contributed by atoms with Gasteiger partial charge in [-0.05, 0) is 99.8 Å². The first-order valence-electron chi connectivity index (χ1n) is 15.6. The molecule has 4 rings (SSSR count). The summed E-state index contributed by atoms with van der Waals surface area (Å²) < 4.78 is 28.8. The van der Waals surface area contributed by atoms with Crippen molar-refractivity contribution in [3.63, 3.8) is 0 Å². The number of nitrogens with one attached hydrogen (secondary N) is 2. The lowest BCUT2D eigenvalue weighted by atomic mass is 9.98. The average molecular weight is 627 g/mol. The van der Waals surface area contributed by atoms with E-state index in [1.807, 2.05) is 13.8 Å². The molecule has 2 atom stereocenters. The van der Waals surface area contributed by atoms with E-state index in [1.54, 1.807) is 29.9 Å². The summed E-state index contributed by atoms with van der Waals surface area (Å²) in [6.45, 7) is 16.3. The Morgan fingerprint density at radius 1 is 1.14 bits per heavy atom. The van der Waals surface area contributed by atoms with Gasteiger partial charge in [0, 0.05) is 12.2 Å². The molecule has 0 radical (unpaired) electrons. The lowest BCUT2D eigenvalue weighted by Gasteiger charge is -2.37. The van der Waals surface area contributed by atoms with E-state index in [-0.39, 0.29) is 35.9 Å². The van der Waals surface area contributed by atoms with Gasteiger partial charge >= 0.3 is 5.97 Å². The van der Waals surface area contributed by atoms with Crippen molar-refractivity contribution in [2.45, 2.75) is 103 Å². The number of ether oxygens (including phenoxy) is 1. The van der Waals surface area contributed by atoms with Gasteiger partial charge in [0.1, 0.15) is 23.5 Å². The lowest BCUT2D eigenvalue weighted by molar-refractivity contribution is -0.145. The predicted molar refractivity (Wildman–Crippen MR) is 170 cm³/mol. The van der Waals surface area contributed by atoms with Crippen LogP contribution in [0.3, 0.4) is 0 Å². The Labute approximate surface area is 261 Å². The van der Waals surface area contributed by atoms with Gasteiger partial charge in [0.2, 0.25) is 0 Å². The fourth-order valence-corrected chi connectivity index (χ4v) is 5.99. The van der Waals surface area contributed by atoms with E-state index >= 15 is 4.39 Å². The quantitative estimate of drug-likeness (QED) is 0.149. The second kappa shape index (κ2) is 13.4. The zero-order valence-electron chi connectivity index (χ0n) is 27.3. The first-order chi connectivity index (χ1) is 20.6. The molecule has 2 aliphatic rings. The van der Waals surface area contributed by atoms with Crippen molar-refractivity contribution in [1.82, 2.24) is 15.1 Å². The molecule has 2 aliphatic carbocycles. The van der Waals surface area contributed by atoms with Crippen LogP contribution >= 0.6 is 0 Å². The molecule has 1 aromatic carbocycles. The van der Waals surface area contributed by atoms with E-state index in [4.69, 9.17) is 9.16 Å². The summed E-state index contributed by atoms with van der Waals surface area (Å²) in [6.07, 6.45) is 5.26. The van der Waals surface area contributed by atoms with E-state index in [0.717, 1.165) is 31.3 Å². The number of carbonyl (C=O) groups excluding carboxylic acids is 3. The number of aromatic nitrogens is 2. The Morgan fingerprint density at radius 3 is 2.36 bits per heavy atom. The minimum atomic E-state index is -2.19. The second-order valence-corrected chi connectivity index (χ2v) is 18.4. The van der Waals surface area contributed by atoms with Gasteiger partial charge in [-0.3, -0.25) is 19.1 Å². The Kier molecular flexibility index (Phi) is 10.2. The lowest BCUT2D eigenvalue weighted by Crippen LogP contribution is -2.46. The molecule has 240 valence electrons. The van der Waals surface area contributed by atoms with E-state index in [0.29, 0.717) is 11.3 Å². The van der Waals surface area contributed by atoms with Crippen molar-refractivity contribution in [1.29, 1.82) is 0 Å². The van der Waals surface area contributed by atoms with Crippen LogP contribution in [0.1, 0.15) is 95.2 Å². The van der Waals surface area contributed by atoms with Gasteiger partial charge < -0.3 is 19.8 Å². The second-order valence-electron chi connectivity index (χ2n) is 13.6. The molecular weight excluding hydrogens is 579 g/mol. The molecule has 2 fully saturated rings. The number of esters is 1. The molecule has 0 spiro atoms. The topological polar surface area (TPSA) is 112 Å². The molecule has 11 heteroatoms. The summed E-state index contributed by atoms with van der Waals surface area (Å²) in [5, 5.41) is 9.83. The molecule has 1 heterocycles. The first-order valence-corrected chi connectivity index (χ1v) is 18.5. The van der Waals surface area contributed by atoms with Gasteiger partial charge in [-0.25, -0.2) is 4.39 Å². The van der Waals surface area contributed by atoms with Crippen LogP contribution in [-0.2, 0) is 18.8 Å². The summed E-state index contributed by atoms with van der Waals surface area (Å²) >= 11 is 0. The molecule has 0 aliphatic heterocycles. The molecule has 1 aromatic heterocycles. The van der Waals surface area contributed by atoms with Crippen LogP contribution in [0.4, 0.5) is 10.1 Å². The average Bonchev–Trinajstić information content (AvgIpc) is 3.88. The van der Waals surface area contributed by atoms with Crippen molar-refractivity contribution >= 4 is 31.8 Å². The SMILES string of the molecule is CCOC(=O)C(CO[Si](C)(C)C(C)(C)C)c1ccc(NC(=O)[C@@H](NC(=O)c2ccnn2C(C)C)C(=C2CC2)C2CC2)c(F)c1. The highest BCUT2D eigenvalue weighted by molar-refractivity contribution is 6.74. The number of allylic oxidation sites excluding steroid dienone is 1. The fraction of sp³-hybridized carbons (Fsp3) is 0.576. The Balaban J connectivity index is 1.57. The highest BCUT2D eigenvalue weighted by Crippen LogP contribution is 2.46. The van der Waals surface area contributed by atoms with Crippen LogP contribution in [0.25, 0.3) is 0 Å². The van der Waals surface area contributed by atoms with E-state index in [9.17, 15) is 14.4 Å². The number of rotatable bonds is 13. The molecule has 44 heavy (non-hydrogen) atoms. The highest BCUT2D eigenvalue weighted by Gasteiger charge is 2.41. The first kappa shape index (κ1) is 33.6. The number of carbonyl (C=O) groups is 3. The Bertz CT molecular complexity index is 1420. The zero-order valence-corrected chi connectivity index (χ0v) is 28.3. The van der Waals surface area contributed by atoms with Crippen LogP contribution in [0, 0.1) is 11.7 Å². The van der Waals surface area contributed by atoms with E-state index in [2.05, 4.69) is 49.6 Å². The van der Waals surface area contributed by atoms with Crippen molar-refractivity contribution in [3.05, 3.63) is 58.7 Å². The molecule has 0 saturated heterocycles. The van der Waals surface area contributed by atoms with Crippen LogP contribution in [0.2, 0.25) is 18.1 Å². The zero-order chi connectivity index (χ0) is 32.4. The Hall–Kier alpha value is -3.31. The molecule has 9 nitrogen and oxygen atoms in total. The maximum Gasteiger partial charge on any atom is 0.315 e. The van der Waals surface area contributed by atoms with Gasteiger partial charge in [0.05, 0.1) is 18.9 Å². The maximum atomic E-state index is 15.6. The smallest absolute Gasteiger partial charge is 0.315 e. The minimum absolute atomic E-state index is 0.0333. The summed E-state index contributed by atoms with van der Waals surface area (Å²) in [5.41, 5.74) is 2.85. The van der Waals surface area contributed by atoms with Gasteiger partial charge in [-0.2, -0.15) is 5.10 Å². The summed E-state index contributed by atoms with van der Waals surface area (Å²) in [6, 6.07) is 4.97. The standard InChI is InChI=1S/C33H47FN4O5Si/c1-9-42-32(41)24(19-43-44(7,8)33(4,5)6)23-14-15-26(25(34)18-23)36-31(40)29(28(21-10-11-21)22-12-13-22)37-30(39)27-16-17-35-38(27)20(2)3/h14-18,20-21,24,29H,9-13,19H2,1-8H3,(H,36,40)(H,37,39)/t24?,29-/m0/s1. The van der Waals surface area contributed by atoms with Gasteiger partial charge in [-0.1, -0.05) is 32.4 Å².